The second-order valence-corrected chi connectivity index (χ2v) is 7.85. The Morgan fingerprint density at radius 1 is 1.18 bits per heavy atom. The summed E-state index contributed by atoms with van der Waals surface area (Å²) >= 11 is 6.16. The van der Waals surface area contributed by atoms with Crippen LogP contribution in [0.1, 0.15) is 11.1 Å². The molecule has 10 heteroatoms. The molecule has 0 bridgehead atoms. The lowest BCUT2D eigenvalue weighted by atomic mass is 10.2. The van der Waals surface area contributed by atoms with E-state index >= 15 is 0 Å². The number of nitrogens with zero attached hydrogens (tertiary/aromatic N) is 2. The number of ether oxygens (including phenoxy) is 1. The Kier molecular flexibility index (Phi) is 7.92. The third-order valence-electron chi connectivity index (χ3n) is 5.14. The van der Waals surface area contributed by atoms with E-state index in [1.807, 2.05) is 30.3 Å². The Balaban J connectivity index is 1.98. The molecule has 0 aliphatic rings. The molecule has 0 saturated carbocycles. The first-order chi connectivity index (χ1) is 15.8. The van der Waals surface area contributed by atoms with Gasteiger partial charge in [0.1, 0.15) is 11.5 Å². The number of nitrogen functional groups attached to an aromatic ring is 1. The molecule has 3 aromatic rings. The number of hydrogen-bond donors (Lipinski definition) is 3. The van der Waals surface area contributed by atoms with Crippen LogP contribution >= 0.6 is 11.6 Å². The number of benzene rings is 2. The molecule has 4 N–H and O–H groups in total. The summed E-state index contributed by atoms with van der Waals surface area (Å²) in [5.74, 6) is -0.409. The van der Waals surface area contributed by atoms with E-state index in [1.54, 1.807) is 30.0 Å². The lowest BCUT2D eigenvalue weighted by Crippen LogP contribution is -2.41. The van der Waals surface area contributed by atoms with Gasteiger partial charge in [-0.05, 0) is 30.2 Å². The first-order valence-electron chi connectivity index (χ1n) is 10.3. The number of carbonyl (C=O) groups excluding carboxylic acids is 1. The molecule has 0 aliphatic carbocycles. The highest BCUT2D eigenvalue weighted by atomic mass is 35.5. The van der Waals surface area contributed by atoms with Crippen LogP contribution in [0.4, 0.5) is 17.2 Å². The second kappa shape index (κ2) is 10.8. The van der Waals surface area contributed by atoms with Gasteiger partial charge in [-0.3, -0.25) is 19.1 Å². The highest BCUT2D eigenvalue weighted by Gasteiger charge is 2.22. The monoisotopic (exact) mass is 471 g/mol. The van der Waals surface area contributed by atoms with Gasteiger partial charge in [0, 0.05) is 24.4 Å². The summed E-state index contributed by atoms with van der Waals surface area (Å²) in [6, 6.07) is 14.5. The molecule has 3 rings (SSSR count). The maximum absolute atomic E-state index is 13.0. The minimum atomic E-state index is -0.672. The van der Waals surface area contributed by atoms with Crippen LogP contribution in [0.2, 0.25) is 5.02 Å². The number of halogens is 1. The van der Waals surface area contributed by atoms with Crippen molar-refractivity contribution in [2.75, 3.05) is 36.2 Å². The van der Waals surface area contributed by atoms with Gasteiger partial charge in [-0.2, -0.15) is 0 Å². The zero-order valence-corrected chi connectivity index (χ0v) is 19.2. The Morgan fingerprint density at radius 3 is 2.61 bits per heavy atom. The average Bonchev–Trinajstić information content (AvgIpc) is 2.77. The largest absolute Gasteiger partial charge is 0.383 e. The van der Waals surface area contributed by atoms with Crippen molar-refractivity contribution >= 4 is 34.7 Å². The van der Waals surface area contributed by atoms with Crippen molar-refractivity contribution in [1.82, 2.24) is 9.55 Å². The van der Waals surface area contributed by atoms with E-state index in [1.165, 1.54) is 11.7 Å². The number of rotatable bonds is 9. The van der Waals surface area contributed by atoms with Crippen molar-refractivity contribution in [2.24, 2.45) is 0 Å². The van der Waals surface area contributed by atoms with Gasteiger partial charge in [-0.1, -0.05) is 48.0 Å². The third-order valence-corrected chi connectivity index (χ3v) is 5.55. The Bertz CT molecular complexity index is 1240. The SMILES string of the molecule is COCCn1c(N)c(N(CC(=O)Nc2cccc(Cl)c2C)Cc2ccccc2)c(=O)[nH]c1=O. The van der Waals surface area contributed by atoms with Crippen LogP contribution in [0.5, 0.6) is 0 Å². The number of carbonyl (C=O) groups is 1. The number of anilines is 3. The lowest BCUT2D eigenvalue weighted by Gasteiger charge is -2.26. The number of hydrogen-bond acceptors (Lipinski definition) is 6. The molecule has 0 atom stereocenters. The lowest BCUT2D eigenvalue weighted by molar-refractivity contribution is -0.115. The number of nitrogens with two attached hydrogens (primary N) is 1. The van der Waals surface area contributed by atoms with E-state index in [-0.39, 0.29) is 43.7 Å². The quantitative estimate of drug-likeness (QED) is 0.440. The highest BCUT2D eigenvalue weighted by molar-refractivity contribution is 6.31. The molecule has 9 nitrogen and oxygen atoms in total. The number of aromatic amines is 1. The van der Waals surface area contributed by atoms with Gasteiger partial charge in [0.2, 0.25) is 5.91 Å². The molecule has 174 valence electrons. The van der Waals surface area contributed by atoms with Gasteiger partial charge >= 0.3 is 5.69 Å². The van der Waals surface area contributed by atoms with Crippen LogP contribution in [-0.4, -0.2) is 35.7 Å². The second-order valence-electron chi connectivity index (χ2n) is 7.44. The molecular weight excluding hydrogens is 446 g/mol. The van der Waals surface area contributed by atoms with Crippen LogP contribution in [0, 0.1) is 6.92 Å². The van der Waals surface area contributed by atoms with E-state index in [9.17, 15) is 14.4 Å². The summed E-state index contributed by atoms with van der Waals surface area (Å²) in [5.41, 5.74) is 7.13. The van der Waals surface area contributed by atoms with Crippen LogP contribution in [0.25, 0.3) is 0 Å². The van der Waals surface area contributed by atoms with Gasteiger partial charge in [-0.15, -0.1) is 0 Å². The molecule has 2 aromatic carbocycles. The number of methoxy groups -OCH3 is 1. The van der Waals surface area contributed by atoms with E-state index in [0.717, 1.165) is 11.1 Å². The molecule has 1 aromatic heterocycles. The number of nitrogens with one attached hydrogen (secondary N) is 2. The standard InChI is InChI=1S/C23H26ClN5O4/c1-15-17(24)9-6-10-18(15)26-19(30)14-28(13-16-7-4-3-5-8-16)20-21(25)29(11-12-33-2)23(32)27-22(20)31/h3-10H,11-14,25H2,1-2H3,(H,26,30)(H,27,31,32). The zero-order valence-electron chi connectivity index (χ0n) is 18.4. The molecule has 33 heavy (non-hydrogen) atoms. The van der Waals surface area contributed by atoms with Crippen LogP contribution in [0.15, 0.2) is 58.1 Å². The van der Waals surface area contributed by atoms with Crippen molar-refractivity contribution < 1.29 is 9.53 Å². The van der Waals surface area contributed by atoms with Gasteiger partial charge < -0.3 is 20.7 Å². The summed E-state index contributed by atoms with van der Waals surface area (Å²) in [6.07, 6.45) is 0. The number of aromatic nitrogens is 2. The Labute approximate surface area is 195 Å². The zero-order chi connectivity index (χ0) is 24.0. The molecular formula is C23H26ClN5O4. The predicted octanol–water partition coefficient (Wildman–Crippen LogP) is 2.37. The first kappa shape index (κ1) is 24.1. The van der Waals surface area contributed by atoms with Crippen LogP contribution < -0.4 is 27.2 Å². The first-order valence-corrected chi connectivity index (χ1v) is 10.6. The van der Waals surface area contributed by atoms with E-state index in [4.69, 9.17) is 22.1 Å². The fourth-order valence-electron chi connectivity index (χ4n) is 3.41. The Hall–Kier alpha value is -3.56. The fraction of sp³-hybridized carbons (Fsp3) is 0.261. The van der Waals surface area contributed by atoms with Crippen molar-refractivity contribution in [3.8, 4) is 0 Å². The minimum absolute atomic E-state index is 0.0347. The van der Waals surface area contributed by atoms with Gasteiger partial charge in [0.25, 0.3) is 5.56 Å². The summed E-state index contributed by atoms with van der Waals surface area (Å²) < 4.78 is 6.26. The summed E-state index contributed by atoms with van der Waals surface area (Å²) in [5, 5.41) is 3.36. The molecule has 0 saturated heterocycles. The normalized spacial score (nSPS) is 10.8. The highest BCUT2D eigenvalue weighted by Crippen LogP contribution is 2.24. The molecule has 1 amide bonds. The smallest absolute Gasteiger partial charge is 0.330 e. The van der Waals surface area contributed by atoms with E-state index in [0.29, 0.717) is 10.7 Å². The molecule has 0 aliphatic heterocycles. The van der Waals surface area contributed by atoms with Gasteiger partial charge in [-0.25, -0.2) is 4.79 Å². The van der Waals surface area contributed by atoms with Crippen molar-refractivity contribution in [2.45, 2.75) is 20.0 Å². The summed E-state index contributed by atoms with van der Waals surface area (Å²) in [4.78, 5) is 41.9. The topological polar surface area (TPSA) is 122 Å². The van der Waals surface area contributed by atoms with Crippen LogP contribution in [0.3, 0.4) is 0 Å². The van der Waals surface area contributed by atoms with E-state index < -0.39 is 11.2 Å². The number of H-pyrrole nitrogens is 1. The minimum Gasteiger partial charge on any atom is -0.383 e. The Morgan fingerprint density at radius 2 is 1.91 bits per heavy atom. The van der Waals surface area contributed by atoms with Gasteiger partial charge in [0.15, 0.2) is 0 Å². The van der Waals surface area contributed by atoms with Crippen molar-refractivity contribution in [3.63, 3.8) is 0 Å². The summed E-state index contributed by atoms with van der Waals surface area (Å²) in [7, 11) is 1.50. The van der Waals surface area contributed by atoms with E-state index in [2.05, 4.69) is 10.3 Å². The predicted molar refractivity (Wildman–Crippen MR) is 130 cm³/mol. The maximum atomic E-state index is 13.0. The number of amides is 1. The molecule has 0 unspecified atom stereocenters. The van der Waals surface area contributed by atoms with Gasteiger partial charge in [0.05, 0.1) is 19.7 Å². The molecule has 0 spiro atoms. The third kappa shape index (κ3) is 5.82. The fourth-order valence-corrected chi connectivity index (χ4v) is 3.59. The average molecular weight is 472 g/mol. The molecule has 0 radical (unpaired) electrons. The molecule has 1 heterocycles. The maximum Gasteiger partial charge on any atom is 0.330 e. The van der Waals surface area contributed by atoms with Crippen molar-refractivity contribution in [1.29, 1.82) is 0 Å². The van der Waals surface area contributed by atoms with Crippen LogP contribution in [-0.2, 0) is 22.6 Å². The molecule has 0 fully saturated rings. The summed E-state index contributed by atoms with van der Waals surface area (Å²) in [6.45, 7) is 2.21. The van der Waals surface area contributed by atoms with Crippen molar-refractivity contribution in [3.05, 3.63) is 85.5 Å².